The predicted molar refractivity (Wildman–Crippen MR) is 68.2 cm³/mol. The Morgan fingerprint density at radius 2 is 2.00 bits per heavy atom. The Bertz CT molecular complexity index is 562. The van der Waals surface area contributed by atoms with Crippen molar-refractivity contribution in [2.75, 3.05) is 10.6 Å². The Morgan fingerprint density at radius 1 is 1.17 bits per heavy atom. The molecule has 0 aliphatic rings. The molecule has 0 aliphatic heterocycles. The minimum atomic E-state index is -0.724. The molecular weight excluding hydrogens is 258 g/mol. The van der Waals surface area contributed by atoms with E-state index in [-0.39, 0.29) is 10.8 Å². The van der Waals surface area contributed by atoms with Gasteiger partial charge in [0.25, 0.3) is 0 Å². The number of rotatable bonds is 2. The van der Waals surface area contributed by atoms with Gasteiger partial charge < -0.3 is 10.6 Å². The van der Waals surface area contributed by atoms with Crippen molar-refractivity contribution in [3.8, 4) is 0 Å². The third-order valence-electron chi connectivity index (χ3n) is 1.98. The van der Waals surface area contributed by atoms with Crippen molar-refractivity contribution in [3.05, 3.63) is 48.4 Å². The summed E-state index contributed by atoms with van der Waals surface area (Å²) in [6.45, 7) is 0. The largest absolute Gasteiger partial charge is 0.330 e. The molecule has 0 amide bonds. The minimum Gasteiger partial charge on any atom is -0.330 e. The number of aromatic nitrogens is 2. The zero-order valence-corrected chi connectivity index (χ0v) is 9.84. The van der Waals surface area contributed by atoms with E-state index in [4.69, 9.17) is 12.2 Å². The summed E-state index contributed by atoms with van der Waals surface area (Å²) >= 11 is 4.96. The Balaban J connectivity index is 2.03. The van der Waals surface area contributed by atoms with E-state index in [2.05, 4.69) is 20.6 Å². The molecule has 0 saturated heterocycles. The summed E-state index contributed by atoms with van der Waals surface area (Å²) < 4.78 is 26.0. The lowest BCUT2D eigenvalue weighted by atomic mass is 10.3. The Hall–Kier alpha value is -2.15. The molecule has 7 heteroatoms. The second-order valence-electron chi connectivity index (χ2n) is 3.29. The van der Waals surface area contributed by atoms with E-state index < -0.39 is 11.6 Å². The first-order valence-corrected chi connectivity index (χ1v) is 5.35. The van der Waals surface area contributed by atoms with Gasteiger partial charge in [-0.15, -0.1) is 0 Å². The van der Waals surface area contributed by atoms with Gasteiger partial charge in [0.15, 0.2) is 10.9 Å². The van der Waals surface area contributed by atoms with Gasteiger partial charge in [0, 0.05) is 18.5 Å². The SMILES string of the molecule is Fc1ccc(NC(=S)Nc2cnccn2)c(F)c1. The second-order valence-corrected chi connectivity index (χ2v) is 3.70. The molecule has 0 radical (unpaired) electrons. The van der Waals surface area contributed by atoms with Crippen LogP contribution in [0.4, 0.5) is 20.3 Å². The van der Waals surface area contributed by atoms with Gasteiger partial charge in [-0.1, -0.05) is 0 Å². The number of hydrogen-bond donors (Lipinski definition) is 2. The molecule has 0 saturated carbocycles. The van der Waals surface area contributed by atoms with Gasteiger partial charge in [0.05, 0.1) is 11.9 Å². The van der Waals surface area contributed by atoms with Gasteiger partial charge in [-0.25, -0.2) is 13.8 Å². The Labute approximate surface area is 107 Å². The summed E-state index contributed by atoms with van der Waals surface area (Å²) in [6, 6.07) is 3.17. The monoisotopic (exact) mass is 266 g/mol. The average Bonchev–Trinajstić information content (AvgIpc) is 2.34. The first-order chi connectivity index (χ1) is 8.65. The number of halogens is 2. The van der Waals surface area contributed by atoms with E-state index in [1.165, 1.54) is 24.7 Å². The fourth-order valence-corrected chi connectivity index (χ4v) is 1.44. The maximum absolute atomic E-state index is 13.3. The normalized spacial score (nSPS) is 9.89. The highest BCUT2D eigenvalue weighted by atomic mass is 32.1. The lowest BCUT2D eigenvalue weighted by Crippen LogP contribution is -2.20. The molecule has 0 bridgehead atoms. The van der Waals surface area contributed by atoms with Crippen LogP contribution in [0.3, 0.4) is 0 Å². The van der Waals surface area contributed by atoms with Crippen LogP contribution in [0, 0.1) is 11.6 Å². The third-order valence-corrected chi connectivity index (χ3v) is 2.19. The predicted octanol–water partition coefficient (Wildman–Crippen LogP) is 2.56. The van der Waals surface area contributed by atoms with Crippen molar-refractivity contribution in [1.29, 1.82) is 0 Å². The summed E-state index contributed by atoms with van der Waals surface area (Å²) in [4.78, 5) is 7.78. The summed E-state index contributed by atoms with van der Waals surface area (Å²) in [6.07, 6.45) is 4.47. The van der Waals surface area contributed by atoms with E-state index in [0.717, 1.165) is 12.1 Å². The van der Waals surface area contributed by atoms with Gasteiger partial charge in [0.1, 0.15) is 11.6 Å². The van der Waals surface area contributed by atoms with Crippen LogP contribution in [0.5, 0.6) is 0 Å². The van der Waals surface area contributed by atoms with Crippen molar-refractivity contribution in [3.63, 3.8) is 0 Å². The fourth-order valence-electron chi connectivity index (χ4n) is 1.22. The van der Waals surface area contributed by atoms with Gasteiger partial charge >= 0.3 is 0 Å². The number of anilines is 2. The molecule has 2 aromatic rings. The lowest BCUT2D eigenvalue weighted by molar-refractivity contribution is 0.586. The van der Waals surface area contributed by atoms with E-state index in [1.54, 1.807) is 0 Å². The second kappa shape index (κ2) is 5.46. The number of benzene rings is 1. The minimum absolute atomic E-state index is 0.0813. The van der Waals surface area contributed by atoms with Crippen LogP contribution in [0.25, 0.3) is 0 Å². The summed E-state index contributed by atoms with van der Waals surface area (Å²) in [7, 11) is 0. The summed E-state index contributed by atoms with van der Waals surface area (Å²) in [5, 5.41) is 5.46. The molecule has 92 valence electrons. The molecule has 0 aliphatic carbocycles. The summed E-state index contributed by atoms with van der Waals surface area (Å²) in [5.41, 5.74) is 0.0813. The molecule has 4 nitrogen and oxygen atoms in total. The standard InChI is InChI=1S/C11H8F2N4S/c12-7-1-2-9(8(13)5-7)16-11(18)17-10-6-14-3-4-15-10/h1-6H,(H2,15,16,17,18). The quantitative estimate of drug-likeness (QED) is 0.818. The molecule has 0 fully saturated rings. The third kappa shape index (κ3) is 3.17. The van der Waals surface area contributed by atoms with Crippen molar-refractivity contribution in [1.82, 2.24) is 9.97 Å². The first kappa shape index (κ1) is 12.3. The van der Waals surface area contributed by atoms with Crippen molar-refractivity contribution in [2.24, 2.45) is 0 Å². The number of nitrogens with one attached hydrogen (secondary N) is 2. The maximum Gasteiger partial charge on any atom is 0.176 e. The molecule has 1 aromatic heterocycles. The highest BCUT2D eigenvalue weighted by Crippen LogP contribution is 2.15. The van der Waals surface area contributed by atoms with Crippen LogP contribution < -0.4 is 10.6 Å². The van der Waals surface area contributed by atoms with E-state index in [9.17, 15) is 8.78 Å². The van der Waals surface area contributed by atoms with Gasteiger partial charge in [0.2, 0.25) is 0 Å². The van der Waals surface area contributed by atoms with Crippen LogP contribution in [-0.2, 0) is 0 Å². The van der Waals surface area contributed by atoms with Crippen LogP contribution >= 0.6 is 12.2 Å². The van der Waals surface area contributed by atoms with Crippen molar-refractivity contribution >= 4 is 28.8 Å². The van der Waals surface area contributed by atoms with Gasteiger partial charge in [-0.2, -0.15) is 0 Å². The van der Waals surface area contributed by atoms with Gasteiger partial charge in [-0.05, 0) is 24.4 Å². The molecule has 18 heavy (non-hydrogen) atoms. The number of thiocarbonyl (C=S) groups is 1. The molecule has 2 N–H and O–H groups in total. The molecule has 1 aromatic carbocycles. The van der Waals surface area contributed by atoms with Crippen molar-refractivity contribution < 1.29 is 8.78 Å². The Morgan fingerprint density at radius 3 is 2.67 bits per heavy atom. The van der Waals surface area contributed by atoms with Crippen LogP contribution in [-0.4, -0.2) is 15.1 Å². The number of hydrogen-bond acceptors (Lipinski definition) is 3. The van der Waals surface area contributed by atoms with Crippen LogP contribution in [0.2, 0.25) is 0 Å². The average molecular weight is 266 g/mol. The zero-order valence-electron chi connectivity index (χ0n) is 9.02. The highest BCUT2D eigenvalue weighted by molar-refractivity contribution is 7.80. The molecular formula is C11H8F2N4S. The van der Waals surface area contributed by atoms with Gasteiger partial charge in [-0.3, -0.25) is 4.98 Å². The number of nitrogens with zero attached hydrogens (tertiary/aromatic N) is 2. The first-order valence-electron chi connectivity index (χ1n) is 4.94. The fraction of sp³-hybridized carbons (Fsp3) is 0. The zero-order chi connectivity index (χ0) is 13.0. The van der Waals surface area contributed by atoms with Crippen molar-refractivity contribution in [2.45, 2.75) is 0 Å². The molecule has 0 spiro atoms. The van der Waals surface area contributed by atoms with Crippen LogP contribution in [0.15, 0.2) is 36.8 Å². The molecule has 0 atom stereocenters. The lowest BCUT2D eigenvalue weighted by Gasteiger charge is -2.10. The highest BCUT2D eigenvalue weighted by Gasteiger charge is 2.05. The molecule has 0 unspecified atom stereocenters. The maximum atomic E-state index is 13.3. The van der Waals surface area contributed by atoms with E-state index in [1.807, 2.05) is 0 Å². The van der Waals surface area contributed by atoms with Crippen LogP contribution in [0.1, 0.15) is 0 Å². The molecule has 1 heterocycles. The van der Waals surface area contributed by atoms with E-state index in [0.29, 0.717) is 5.82 Å². The smallest absolute Gasteiger partial charge is 0.176 e. The molecule has 2 rings (SSSR count). The van der Waals surface area contributed by atoms with E-state index >= 15 is 0 Å². The Kier molecular flexibility index (Phi) is 3.73. The topological polar surface area (TPSA) is 49.8 Å². The summed E-state index contributed by atoms with van der Waals surface area (Å²) in [5.74, 6) is -0.943.